The number of nitrogens with zero attached hydrogens (tertiary/aromatic N) is 2. The molecule has 0 saturated carbocycles. The Morgan fingerprint density at radius 2 is 2.00 bits per heavy atom. The molecule has 1 fully saturated rings. The maximum atomic E-state index is 12.1. The van der Waals surface area contributed by atoms with Crippen LogP contribution in [0, 0.1) is 10.1 Å². The number of hydrogen-bond acceptors (Lipinski definition) is 5. The number of non-ortho nitro benzene ring substituents is 1. The van der Waals surface area contributed by atoms with Crippen LogP contribution in [0.5, 0.6) is 0 Å². The number of hydrogen-bond donors (Lipinski definition) is 1. The Morgan fingerprint density at radius 1 is 1.37 bits per heavy atom. The molecular weight excluding hydrogens is 272 g/mol. The first kappa shape index (κ1) is 13.3. The van der Waals surface area contributed by atoms with E-state index >= 15 is 0 Å². The predicted molar refractivity (Wildman–Crippen MR) is 68.0 cm³/mol. The molecule has 100 valence electrons. The maximum absolute atomic E-state index is 12.1. The minimum Gasteiger partial charge on any atom is -0.479 e. The van der Waals surface area contributed by atoms with Gasteiger partial charge in [0.15, 0.2) is 5.37 Å². The fourth-order valence-electron chi connectivity index (χ4n) is 1.77. The highest BCUT2D eigenvalue weighted by molar-refractivity contribution is 8.00. The Kier molecular flexibility index (Phi) is 3.70. The molecule has 19 heavy (non-hydrogen) atoms. The Hall–Kier alpha value is -2.09. The van der Waals surface area contributed by atoms with Crippen molar-refractivity contribution in [3.05, 3.63) is 39.9 Å². The first-order valence-corrected chi connectivity index (χ1v) is 6.45. The molecule has 1 amide bonds. The highest BCUT2D eigenvalue weighted by Crippen LogP contribution is 2.26. The number of thioether (sulfide) groups is 1. The number of carbonyl (C=O) groups is 2. The Bertz CT molecular complexity index is 530. The van der Waals surface area contributed by atoms with Crippen LogP contribution in [0.25, 0.3) is 0 Å². The monoisotopic (exact) mass is 282 g/mol. The molecule has 8 heteroatoms. The zero-order valence-corrected chi connectivity index (χ0v) is 10.5. The summed E-state index contributed by atoms with van der Waals surface area (Å²) in [5.74, 6) is -0.916. The van der Waals surface area contributed by atoms with Crippen LogP contribution < -0.4 is 0 Å². The summed E-state index contributed by atoms with van der Waals surface area (Å²) >= 11 is 1.19. The van der Waals surface area contributed by atoms with Gasteiger partial charge in [0.25, 0.3) is 11.6 Å². The van der Waals surface area contributed by atoms with Crippen LogP contribution >= 0.6 is 11.8 Å². The van der Waals surface area contributed by atoms with Gasteiger partial charge in [-0.25, -0.2) is 4.79 Å². The molecule has 0 aliphatic carbocycles. The number of rotatable bonds is 3. The zero-order chi connectivity index (χ0) is 14.0. The summed E-state index contributed by atoms with van der Waals surface area (Å²) in [5, 5.41) is 18.6. The standard InChI is InChI=1S/C11H10N2O5S/c14-9(12-5-6-19-10(12)11(15)16)7-1-3-8(4-2-7)13(17)18/h1-4,10H,5-6H2,(H,15,16)/t10-/m1/s1. The highest BCUT2D eigenvalue weighted by Gasteiger charge is 2.35. The van der Waals surface area contributed by atoms with Crippen LogP contribution in [0.2, 0.25) is 0 Å². The molecular formula is C11H10N2O5S. The predicted octanol–water partition coefficient (Wildman–Crippen LogP) is 1.19. The average molecular weight is 282 g/mol. The molecule has 1 aromatic carbocycles. The van der Waals surface area contributed by atoms with Crippen molar-refractivity contribution in [2.45, 2.75) is 5.37 Å². The lowest BCUT2D eigenvalue weighted by atomic mass is 10.2. The van der Waals surface area contributed by atoms with E-state index in [2.05, 4.69) is 0 Å². The largest absolute Gasteiger partial charge is 0.479 e. The topological polar surface area (TPSA) is 101 Å². The van der Waals surface area contributed by atoms with Gasteiger partial charge in [-0.3, -0.25) is 14.9 Å². The molecule has 0 bridgehead atoms. The number of aliphatic carboxylic acids is 1. The zero-order valence-electron chi connectivity index (χ0n) is 9.68. The molecule has 1 atom stereocenters. The minimum absolute atomic E-state index is 0.109. The smallest absolute Gasteiger partial charge is 0.337 e. The van der Waals surface area contributed by atoms with E-state index in [0.717, 1.165) is 0 Å². The number of carboxylic acid groups (broad SMARTS) is 1. The van der Waals surface area contributed by atoms with Gasteiger partial charge >= 0.3 is 5.97 Å². The van der Waals surface area contributed by atoms with Crippen LogP contribution in [0.1, 0.15) is 10.4 Å². The van der Waals surface area contributed by atoms with Gasteiger partial charge in [-0.05, 0) is 12.1 Å². The van der Waals surface area contributed by atoms with Crippen molar-refractivity contribution < 1.29 is 19.6 Å². The van der Waals surface area contributed by atoms with E-state index in [1.54, 1.807) is 0 Å². The molecule has 1 aliphatic rings. The SMILES string of the molecule is O=C(O)[C@H]1SCCN1C(=O)c1ccc([N+](=O)[O-])cc1. The molecule has 1 aromatic rings. The van der Waals surface area contributed by atoms with E-state index in [1.807, 2.05) is 0 Å². The number of nitro benzene ring substituents is 1. The highest BCUT2D eigenvalue weighted by atomic mass is 32.2. The third-order valence-electron chi connectivity index (χ3n) is 2.69. The lowest BCUT2D eigenvalue weighted by Gasteiger charge is -2.20. The summed E-state index contributed by atoms with van der Waals surface area (Å²) in [6.07, 6.45) is 0. The first-order valence-electron chi connectivity index (χ1n) is 5.40. The van der Waals surface area contributed by atoms with Crippen molar-refractivity contribution >= 4 is 29.3 Å². The van der Waals surface area contributed by atoms with Crippen LogP contribution in [0.15, 0.2) is 24.3 Å². The summed E-state index contributed by atoms with van der Waals surface area (Å²) < 4.78 is 0. The Balaban J connectivity index is 2.19. The van der Waals surface area contributed by atoms with Gasteiger partial charge in [-0.15, -0.1) is 11.8 Å². The fraction of sp³-hybridized carbons (Fsp3) is 0.273. The number of amides is 1. The number of benzene rings is 1. The summed E-state index contributed by atoms with van der Waals surface area (Å²) in [6, 6.07) is 5.13. The van der Waals surface area contributed by atoms with Gasteiger partial charge in [0, 0.05) is 30.0 Å². The second-order valence-electron chi connectivity index (χ2n) is 3.86. The molecule has 1 N–H and O–H groups in total. The molecule has 0 spiro atoms. The van der Waals surface area contributed by atoms with Crippen molar-refractivity contribution in [2.24, 2.45) is 0 Å². The molecule has 1 aliphatic heterocycles. The molecule has 1 saturated heterocycles. The number of nitro groups is 1. The van der Waals surface area contributed by atoms with Crippen LogP contribution in [-0.4, -0.2) is 44.5 Å². The summed E-state index contributed by atoms with van der Waals surface area (Å²) in [5.41, 5.74) is 0.140. The van der Waals surface area contributed by atoms with Crippen molar-refractivity contribution in [3.63, 3.8) is 0 Å². The van der Waals surface area contributed by atoms with Crippen LogP contribution in [-0.2, 0) is 4.79 Å². The molecule has 0 radical (unpaired) electrons. The third kappa shape index (κ3) is 2.68. The molecule has 1 heterocycles. The van der Waals surface area contributed by atoms with Gasteiger partial charge in [0.2, 0.25) is 0 Å². The van der Waals surface area contributed by atoms with Gasteiger partial charge in [-0.1, -0.05) is 0 Å². The number of carbonyl (C=O) groups excluding carboxylic acids is 1. The average Bonchev–Trinajstić information content (AvgIpc) is 2.87. The normalized spacial score (nSPS) is 18.3. The van der Waals surface area contributed by atoms with E-state index in [-0.39, 0.29) is 11.3 Å². The van der Waals surface area contributed by atoms with E-state index in [9.17, 15) is 19.7 Å². The van der Waals surface area contributed by atoms with Crippen molar-refractivity contribution in [3.8, 4) is 0 Å². The van der Waals surface area contributed by atoms with E-state index in [0.29, 0.717) is 12.3 Å². The molecule has 0 unspecified atom stereocenters. The second-order valence-corrected chi connectivity index (χ2v) is 5.05. The van der Waals surface area contributed by atoms with Crippen LogP contribution in [0.4, 0.5) is 5.69 Å². The second kappa shape index (κ2) is 5.27. The first-order chi connectivity index (χ1) is 9.00. The summed E-state index contributed by atoms with van der Waals surface area (Å²) in [4.78, 5) is 34.3. The quantitative estimate of drug-likeness (QED) is 0.660. The van der Waals surface area contributed by atoms with Gasteiger partial charge in [0.05, 0.1) is 4.92 Å². The molecule has 2 rings (SSSR count). The van der Waals surface area contributed by atoms with E-state index < -0.39 is 22.2 Å². The van der Waals surface area contributed by atoms with Gasteiger partial charge in [0.1, 0.15) is 0 Å². The third-order valence-corrected chi connectivity index (χ3v) is 3.88. The lowest BCUT2D eigenvalue weighted by Crippen LogP contribution is -2.39. The number of carboxylic acids is 1. The minimum atomic E-state index is -1.06. The van der Waals surface area contributed by atoms with E-state index in [4.69, 9.17) is 5.11 Å². The molecule has 7 nitrogen and oxygen atoms in total. The Labute approximate surface area is 112 Å². The van der Waals surface area contributed by atoms with Crippen molar-refractivity contribution in [1.29, 1.82) is 0 Å². The van der Waals surface area contributed by atoms with Gasteiger partial charge in [-0.2, -0.15) is 0 Å². The maximum Gasteiger partial charge on any atom is 0.337 e. The van der Waals surface area contributed by atoms with Crippen LogP contribution in [0.3, 0.4) is 0 Å². The molecule has 0 aromatic heterocycles. The van der Waals surface area contributed by atoms with Gasteiger partial charge < -0.3 is 10.0 Å². The summed E-state index contributed by atoms with van der Waals surface area (Å²) in [7, 11) is 0. The van der Waals surface area contributed by atoms with E-state index in [1.165, 1.54) is 40.9 Å². The fourth-order valence-corrected chi connectivity index (χ4v) is 2.82. The van der Waals surface area contributed by atoms with Crippen molar-refractivity contribution in [2.75, 3.05) is 12.3 Å². The Morgan fingerprint density at radius 3 is 2.53 bits per heavy atom. The van der Waals surface area contributed by atoms with Crippen molar-refractivity contribution in [1.82, 2.24) is 4.90 Å². The summed E-state index contributed by atoms with van der Waals surface area (Å²) in [6.45, 7) is 0.359. The lowest BCUT2D eigenvalue weighted by molar-refractivity contribution is -0.384.